The number of rotatable bonds is 7. The van der Waals surface area contributed by atoms with Crippen LogP contribution in [0.3, 0.4) is 0 Å². The summed E-state index contributed by atoms with van der Waals surface area (Å²) in [6.45, 7) is 16.9. The second-order valence-corrected chi connectivity index (χ2v) is 12.5. The number of benzene rings is 3. The van der Waals surface area contributed by atoms with E-state index in [-0.39, 0.29) is 48.9 Å². The number of carbonyl (C=O) groups is 1. The van der Waals surface area contributed by atoms with Crippen LogP contribution in [0.2, 0.25) is 0 Å². The molecule has 0 fully saturated rings. The Morgan fingerprint density at radius 1 is 0.932 bits per heavy atom. The van der Waals surface area contributed by atoms with Crippen LogP contribution in [0.4, 0.5) is 0 Å². The molecule has 0 saturated carbocycles. The molecule has 5 heteroatoms. The summed E-state index contributed by atoms with van der Waals surface area (Å²) in [5.41, 5.74) is 8.74. The van der Waals surface area contributed by atoms with Crippen LogP contribution >= 0.6 is 0 Å². The Hall–Kier alpha value is -3.27. The van der Waals surface area contributed by atoms with Gasteiger partial charge in [0.25, 0.3) is 0 Å². The molecule has 0 aliphatic heterocycles. The summed E-state index contributed by atoms with van der Waals surface area (Å²) in [5.74, 6) is 0.547. The van der Waals surface area contributed by atoms with Crippen molar-refractivity contribution >= 4 is 38.5 Å². The van der Waals surface area contributed by atoms with Gasteiger partial charge in [-0.2, -0.15) is 0 Å². The molecule has 2 aromatic heterocycles. The minimum Gasteiger partial charge on any atom is -0.512 e. The van der Waals surface area contributed by atoms with E-state index in [1.54, 1.807) is 0 Å². The molecule has 0 amide bonds. The van der Waals surface area contributed by atoms with E-state index < -0.39 is 0 Å². The molecule has 233 valence electrons. The molecule has 0 bridgehead atoms. The molecule has 1 aliphatic carbocycles. The van der Waals surface area contributed by atoms with Crippen molar-refractivity contribution in [2.24, 2.45) is 11.8 Å². The molecular weight excluding hydrogens is 723 g/mol. The zero-order valence-corrected chi connectivity index (χ0v) is 29.6. The Balaban J connectivity index is 0.000000239. The summed E-state index contributed by atoms with van der Waals surface area (Å²) in [5, 5.41) is 14.4. The summed E-state index contributed by atoms with van der Waals surface area (Å²) >= 11 is 0. The van der Waals surface area contributed by atoms with Gasteiger partial charge in [0.2, 0.25) is 0 Å². The number of aryl methyl sites for hydroxylation is 2. The molecule has 2 heterocycles. The Kier molecular flexibility index (Phi) is 10.2. The second kappa shape index (κ2) is 13.4. The van der Waals surface area contributed by atoms with Crippen molar-refractivity contribution in [2.75, 3.05) is 0 Å². The fraction of sp³-hybridized carbons (Fsp3) is 0.385. The molecule has 3 aromatic carbocycles. The number of pyridine rings is 1. The van der Waals surface area contributed by atoms with Crippen molar-refractivity contribution in [3.63, 3.8) is 0 Å². The first-order chi connectivity index (χ1) is 20.5. The number of aliphatic hydroxyl groups excluding tert-OH is 1. The Morgan fingerprint density at radius 3 is 2.27 bits per heavy atom. The van der Waals surface area contributed by atoms with Gasteiger partial charge in [-0.25, -0.2) is 0 Å². The third-order valence-corrected chi connectivity index (χ3v) is 9.43. The average molecular weight is 767 g/mol. The predicted molar refractivity (Wildman–Crippen MR) is 179 cm³/mol. The normalized spacial score (nSPS) is 13.6. The van der Waals surface area contributed by atoms with Crippen LogP contribution < -0.4 is 0 Å². The van der Waals surface area contributed by atoms with Crippen molar-refractivity contribution in [1.29, 1.82) is 0 Å². The summed E-state index contributed by atoms with van der Waals surface area (Å²) in [6.07, 6.45) is 6.76. The number of aromatic nitrogens is 1. The van der Waals surface area contributed by atoms with E-state index in [1.165, 1.54) is 33.5 Å². The largest absolute Gasteiger partial charge is 0.512 e. The average Bonchev–Trinajstić information content (AvgIpc) is 3.35. The van der Waals surface area contributed by atoms with Crippen molar-refractivity contribution in [1.82, 2.24) is 4.98 Å². The number of nitrogens with zero attached hydrogens (tertiary/aromatic N) is 1. The monoisotopic (exact) mass is 767 g/mol. The summed E-state index contributed by atoms with van der Waals surface area (Å²) < 4.78 is 6.30. The van der Waals surface area contributed by atoms with Crippen LogP contribution in [0.5, 0.6) is 0 Å². The van der Waals surface area contributed by atoms with Crippen LogP contribution in [0.25, 0.3) is 44.0 Å². The summed E-state index contributed by atoms with van der Waals surface area (Å²) in [4.78, 5) is 16.5. The van der Waals surface area contributed by atoms with Gasteiger partial charge < -0.3 is 9.52 Å². The van der Waals surface area contributed by atoms with E-state index in [2.05, 4.69) is 70.2 Å². The third kappa shape index (κ3) is 5.89. The van der Waals surface area contributed by atoms with Gasteiger partial charge in [0.05, 0.1) is 5.76 Å². The van der Waals surface area contributed by atoms with Gasteiger partial charge in [-0.1, -0.05) is 87.9 Å². The molecule has 44 heavy (non-hydrogen) atoms. The first-order valence-corrected chi connectivity index (χ1v) is 15.8. The minimum atomic E-state index is -0.187. The maximum Gasteiger partial charge on any atom is 0.162 e. The Labute approximate surface area is 275 Å². The van der Waals surface area contributed by atoms with Crippen LogP contribution in [-0.4, -0.2) is 15.9 Å². The molecule has 6 rings (SSSR count). The number of furan rings is 1. The van der Waals surface area contributed by atoms with Gasteiger partial charge in [0.15, 0.2) is 5.78 Å². The zero-order chi connectivity index (χ0) is 31.1. The number of allylic oxidation sites excluding steroid dienone is 2. The third-order valence-electron chi connectivity index (χ3n) is 9.43. The maximum absolute atomic E-state index is 11.7. The minimum absolute atomic E-state index is 0. The quantitative estimate of drug-likeness (QED) is 0.102. The molecular formula is C39H44IrNO3-. The molecule has 0 spiro atoms. The first kappa shape index (κ1) is 33.6. The molecule has 1 radical (unpaired) electrons. The molecule has 1 aliphatic rings. The number of hydrogen-bond acceptors (Lipinski definition) is 4. The summed E-state index contributed by atoms with van der Waals surface area (Å²) in [6, 6.07) is 19.0. The fourth-order valence-corrected chi connectivity index (χ4v) is 6.61. The van der Waals surface area contributed by atoms with Gasteiger partial charge in [0.1, 0.15) is 11.2 Å². The number of hydrogen-bond donors (Lipinski definition) is 1. The van der Waals surface area contributed by atoms with E-state index in [4.69, 9.17) is 9.40 Å². The number of carbonyl (C=O) groups excluding carboxylic acids is 1. The molecule has 5 aromatic rings. The molecule has 0 atom stereocenters. The smallest absolute Gasteiger partial charge is 0.162 e. The van der Waals surface area contributed by atoms with E-state index in [0.717, 1.165) is 64.4 Å². The van der Waals surface area contributed by atoms with E-state index in [0.29, 0.717) is 0 Å². The van der Waals surface area contributed by atoms with Crippen LogP contribution in [0.15, 0.2) is 64.9 Å². The molecule has 0 saturated heterocycles. The molecule has 1 N–H and O–H groups in total. The molecule has 4 nitrogen and oxygen atoms in total. The first-order valence-electron chi connectivity index (χ1n) is 15.8. The van der Waals surface area contributed by atoms with Crippen LogP contribution in [0, 0.1) is 31.7 Å². The zero-order valence-electron chi connectivity index (χ0n) is 27.2. The fourth-order valence-electron chi connectivity index (χ4n) is 6.61. The van der Waals surface area contributed by atoms with Crippen molar-refractivity contribution in [2.45, 2.75) is 86.5 Å². The van der Waals surface area contributed by atoms with Crippen molar-refractivity contribution < 1.29 is 34.4 Å². The van der Waals surface area contributed by atoms with Crippen LogP contribution in [0.1, 0.15) is 89.5 Å². The Bertz CT molecular complexity index is 1850. The summed E-state index contributed by atoms with van der Waals surface area (Å²) in [7, 11) is 0. The standard InChI is InChI=1S/C26H20NO.C13H24O2.Ir/c1-14-5-7-16-12-18-20(13-17(16)11-14)26(3,4)19-8-6-15(2)25-22(19)23-21(28-25)9-10-27-24(18)23;1-5-10(6-2)12(14)9-13(15)11(7-3)8-4;/h5-11,13H,1-4H3;9-11,14H,5-8H2,1-4H3;/q-1;;/b;12-9-;. The number of aliphatic hydroxyl groups is 1. The SMILES string of the molecule is CCC(CC)C(=O)/C=C(\O)C(CC)CC.Cc1ccc2[c-]c3c(cc2c1)C(C)(C)c1ccc(C)c2oc4ccnc-3c4c12.[Ir]. The molecule has 0 unspecified atom stereocenters. The predicted octanol–water partition coefficient (Wildman–Crippen LogP) is 10.7. The van der Waals surface area contributed by atoms with E-state index in [9.17, 15) is 9.90 Å². The van der Waals surface area contributed by atoms with E-state index >= 15 is 0 Å². The number of fused-ring (bicyclic) bond motifs is 3. The van der Waals surface area contributed by atoms with Gasteiger partial charge in [0, 0.05) is 60.7 Å². The van der Waals surface area contributed by atoms with Gasteiger partial charge in [-0.3, -0.25) is 9.78 Å². The van der Waals surface area contributed by atoms with E-state index in [1.807, 2.05) is 40.0 Å². The van der Waals surface area contributed by atoms with Crippen LogP contribution in [-0.2, 0) is 30.3 Å². The van der Waals surface area contributed by atoms with Gasteiger partial charge >= 0.3 is 0 Å². The van der Waals surface area contributed by atoms with Crippen molar-refractivity contribution in [3.05, 3.63) is 88.8 Å². The van der Waals surface area contributed by atoms with Gasteiger partial charge in [-0.05, 0) is 62.1 Å². The Morgan fingerprint density at radius 2 is 1.61 bits per heavy atom. The topological polar surface area (TPSA) is 63.3 Å². The number of ketones is 1. The van der Waals surface area contributed by atoms with Gasteiger partial charge in [-0.15, -0.1) is 23.6 Å². The van der Waals surface area contributed by atoms with Crippen molar-refractivity contribution in [3.8, 4) is 11.3 Å². The maximum atomic E-state index is 11.7. The second-order valence-electron chi connectivity index (χ2n) is 12.5.